The van der Waals surface area contributed by atoms with E-state index < -0.39 is 0 Å². The van der Waals surface area contributed by atoms with Crippen molar-refractivity contribution in [2.45, 2.75) is 38.3 Å². The second-order valence-corrected chi connectivity index (χ2v) is 9.54. The largest absolute Gasteiger partial charge is 0.355 e. The predicted octanol–water partition coefficient (Wildman–Crippen LogP) is 3.38. The number of anilines is 1. The molecule has 0 saturated carbocycles. The Balaban J connectivity index is 1.29. The number of likely N-dealkylation sites (tertiary alicyclic amines) is 1. The van der Waals surface area contributed by atoms with Gasteiger partial charge in [-0.1, -0.05) is 12.1 Å². The number of hydrogen-bond donors (Lipinski definition) is 0. The molecule has 0 bridgehead atoms. The first-order valence-electron chi connectivity index (χ1n) is 11.8. The molecule has 0 N–H and O–H groups in total. The summed E-state index contributed by atoms with van der Waals surface area (Å²) < 4.78 is 2.30. The van der Waals surface area contributed by atoms with Crippen LogP contribution in [0.4, 0.5) is 5.82 Å². The summed E-state index contributed by atoms with van der Waals surface area (Å²) in [6.07, 6.45) is 9.33. The summed E-state index contributed by atoms with van der Waals surface area (Å²) in [6.45, 7) is 6.41. The third-order valence-corrected chi connectivity index (χ3v) is 7.56. The van der Waals surface area contributed by atoms with Crippen molar-refractivity contribution in [2.75, 3.05) is 44.7 Å². The topological polar surface area (TPSA) is 39.9 Å². The lowest BCUT2D eigenvalue weighted by molar-refractivity contribution is 0.0687. The highest BCUT2D eigenvalue weighted by Gasteiger charge is 2.37. The summed E-state index contributed by atoms with van der Waals surface area (Å²) >= 11 is 0. The summed E-state index contributed by atoms with van der Waals surface area (Å²) in [5, 5.41) is 0. The molecule has 31 heavy (non-hydrogen) atoms. The van der Waals surface area contributed by atoms with Crippen molar-refractivity contribution in [1.82, 2.24) is 24.2 Å². The molecule has 0 amide bonds. The summed E-state index contributed by atoms with van der Waals surface area (Å²) in [5.41, 5.74) is 5.00. The first kappa shape index (κ1) is 19.3. The predicted molar refractivity (Wildman–Crippen MR) is 123 cm³/mol. The molecule has 2 atom stereocenters. The number of nitrogens with zero attached hydrogens (tertiary/aromatic N) is 6. The maximum absolute atomic E-state index is 5.03. The zero-order valence-electron chi connectivity index (χ0n) is 18.5. The van der Waals surface area contributed by atoms with E-state index in [-0.39, 0.29) is 0 Å². The number of piperidine rings is 1. The standard InChI is InChI=1S/C25H32N6/c1-28-13-15-29(16-14-28)23-8-2-7-22-27-21(18-31(22)23)17-30-12-4-6-20-10-9-19-5-3-11-26-24(19)25(20)30/h2-3,5,7-8,11,18,20,25H,4,6,9-10,12-17H2,1H3/t20-,25+/m0/s1. The zero-order valence-corrected chi connectivity index (χ0v) is 18.5. The highest BCUT2D eigenvalue weighted by atomic mass is 15.3. The van der Waals surface area contributed by atoms with Crippen molar-refractivity contribution in [2.24, 2.45) is 5.92 Å². The molecular weight excluding hydrogens is 384 g/mol. The lowest BCUT2D eigenvalue weighted by atomic mass is 9.77. The van der Waals surface area contributed by atoms with Gasteiger partial charge in [0.1, 0.15) is 11.5 Å². The Morgan fingerprint density at radius 3 is 2.81 bits per heavy atom. The molecule has 0 aromatic carbocycles. The number of hydrogen-bond acceptors (Lipinski definition) is 5. The zero-order chi connectivity index (χ0) is 20.8. The van der Waals surface area contributed by atoms with Gasteiger partial charge in [-0.2, -0.15) is 0 Å². The maximum Gasteiger partial charge on any atom is 0.138 e. The van der Waals surface area contributed by atoms with Gasteiger partial charge in [0.15, 0.2) is 0 Å². The minimum absolute atomic E-state index is 0.445. The van der Waals surface area contributed by atoms with Crippen LogP contribution in [0, 0.1) is 5.92 Å². The molecule has 5 heterocycles. The van der Waals surface area contributed by atoms with Crippen molar-refractivity contribution in [3.63, 3.8) is 0 Å². The Hall–Kier alpha value is -2.44. The van der Waals surface area contributed by atoms with Gasteiger partial charge in [-0.15, -0.1) is 0 Å². The molecule has 6 nitrogen and oxygen atoms in total. The third kappa shape index (κ3) is 3.52. The van der Waals surface area contributed by atoms with Crippen molar-refractivity contribution in [3.05, 3.63) is 59.7 Å². The van der Waals surface area contributed by atoms with E-state index in [0.717, 1.165) is 50.8 Å². The van der Waals surface area contributed by atoms with Crippen molar-refractivity contribution in [1.29, 1.82) is 0 Å². The molecule has 0 radical (unpaired) electrons. The van der Waals surface area contributed by atoms with Gasteiger partial charge in [0.25, 0.3) is 0 Å². The Kier molecular flexibility index (Phi) is 4.92. The van der Waals surface area contributed by atoms with Crippen LogP contribution >= 0.6 is 0 Å². The van der Waals surface area contributed by atoms with E-state index >= 15 is 0 Å². The van der Waals surface area contributed by atoms with Crippen molar-refractivity contribution >= 4 is 11.5 Å². The van der Waals surface area contributed by atoms with Crippen LogP contribution in [0.5, 0.6) is 0 Å². The fraction of sp³-hybridized carbons (Fsp3) is 0.520. The monoisotopic (exact) mass is 416 g/mol. The lowest BCUT2D eigenvalue weighted by Gasteiger charge is -2.44. The Morgan fingerprint density at radius 1 is 1.00 bits per heavy atom. The molecule has 3 aromatic heterocycles. The number of aryl methyl sites for hydroxylation is 1. The van der Waals surface area contributed by atoms with Gasteiger partial charge in [-0.3, -0.25) is 14.3 Å². The minimum atomic E-state index is 0.445. The van der Waals surface area contributed by atoms with Crippen molar-refractivity contribution in [3.8, 4) is 0 Å². The van der Waals surface area contributed by atoms with Crippen molar-refractivity contribution < 1.29 is 0 Å². The molecule has 162 valence electrons. The Bertz CT molecular complexity index is 1070. The normalized spacial score (nSPS) is 24.9. The molecule has 6 rings (SSSR count). The number of pyridine rings is 2. The minimum Gasteiger partial charge on any atom is -0.355 e. The highest BCUT2D eigenvalue weighted by molar-refractivity contribution is 5.53. The molecule has 6 heteroatoms. The highest BCUT2D eigenvalue weighted by Crippen LogP contribution is 2.43. The molecular formula is C25H32N6. The molecule has 3 aromatic rings. The van der Waals surface area contributed by atoms with Gasteiger partial charge in [0.05, 0.1) is 17.4 Å². The van der Waals surface area contributed by atoms with E-state index in [1.807, 2.05) is 6.20 Å². The molecule has 0 spiro atoms. The second kappa shape index (κ2) is 7.92. The van der Waals surface area contributed by atoms with Crippen LogP contribution < -0.4 is 4.90 Å². The summed E-state index contributed by atoms with van der Waals surface area (Å²) in [7, 11) is 2.21. The molecule has 2 aliphatic heterocycles. The smallest absolute Gasteiger partial charge is 0.138 e. The average molecular weight is 417 g/mol. The van der Waals surface area contributed by atoms with E-state index in [1.54, 1.807) is 0 Å². The SMILES string of the molecule is CN1CCN(c2cccc3nc(CN4CCC[C@H]5CCc6cccnc6[C@@H]54)cn23)CC1. The fourth-order valence-corrected chi connectivity index (χ4v) is 5.92. The Morgan fingerprint density at radius 2 is 1.90 bits per heavy atom. The summed E-state index contributed by atoms with van der Waals surface area (Å²) in [5.74, 6) is 2.00. The van der Waals surface area contributed by atoms with Gasteiger partial charge >= 0.3 is 0 Å². The molecule has 3 aliphatic rings. The van der Waals surface area contributed by atoms with Gasteiger partial charge < -0.3 is 9.80 Å². The van der Waals surface area contributed by atoms with Gasteiger partial charge in [-0.05, 0) is 69.0 Å². The van der Waals surface area contributed by atoms with Crippen LogP contribution in [0.1, 0.15) is 42.3 Å². The first-order chi connectivity index (χ1) is 15.3. The fourth-order valence-electron chi connectivity index (χ4n) is 5.92. The average Bonchev–Trinajstić information content (AvgIpc) is 3.22. The second-order valence-electron chi connectivity index (χ2n) is 9.54. The third-order valence-electron chi connectivity index (χ3n) is 7.56. The van der Waals surface area contributed by atoms with Crippen LogP contribution in [0.25, 0.3) is 5.65 Å². The molecule has 0 unspecified atom stereocenters. The number of imidazole rings is 1. The summed E-state index contributed by atoms with van der Waals surface area (Å²) in [4.78, 5) is 17.4. The van der Waals surface area contributed by atoms with E-state index in [0.29, 0.717) is 6.04 Å². The molecule has 2 saturated heterocycles. The number of aromatic nitrogens is 3. The maximum atomic E-state index is 5.03. The van der Waals surface area contributed by atoms with Crippen LogP contribution in [0.15, 0.2) is 42.7 Å². The van der Waals surface area contributed by atoms with E-state index in [9.17, 15) is 0 Å². The number of rotatable bonds is 3. The van der Waals surface area contributed by atoms with E-state index in [4.69, 9.17) is 9.97 Å². The van der Waals surface area contributed by atoms with E-state index in [1.165, 1.54) is 48.5 Å². The van der Waals surface area contributed by atoms with Crippen LogP contribution in [0.3, 0.4) is 0 Å². The van der Waals surface area contributed by atoms with Gasteiger partial charge in [0, 0.05) is 45.1 Å². The van der Waals surface area contributed by atoms with Gasteiger partial charge in [-0.25, -0.2) is 4.98 Å². The first-order valence-corrected chi connectivity index (χ1v) is 11.8. The van der Waals surface area contributed by atoms with Crippen LogP contribution in [0.2, 0.25) is 0 Å². The van der Waals surface area contributed by atoms with Gasteiger partial charge in [0.2, 0.25) is 0 Å². The number of likely N-dealkylation sites (N-methyl/N-ethyl adjacent to an activating group) is 1. The molecule has 1 aliphatic carbocycles. The quantitative estimate of drug-likeness (QED) is 0.655. The number of piperazine rings is 1. The molecule has 2 fully saturated rings. The number of fused-ring (bicyclic) bond motifs is 4. The summed E-state index contributed by atoms with van der Waals surface area (Å²) in [6, 6.07) is 11.3. The van der Waals surface area contributed by atoms with Crippen LogP contribution in [-0.4, -0.2) is 63.9 Å². The van der Waals surface area contributed by atoms with Crippen LogP contribution in [-0.2, 0) is 13.0 Å². The lowest BCUT2D eigenvalue weighted by Crippen LogP contribution is -2.45. The Labute approximate surface area is 184 Å². The van der Waals surface area contributed by atoms with E-state index in [2.05, 4.69) is 62.7 Å².